The van der Waals surface area contributed by atoms with Crippen molar-refractivity contribution >= 4 is 23.8 Å². The molecule has 0 bridgehead atoms. The molecular weight excluding hydrogens is 614 g/mol. The Labute approximate surface area is 279 Å². The monoisotopic (exact) mass is 673 g/mol. The molecule has 15 heteroatoms. The van der Waals surface area contributed by atoms with Crippen LogP contribution in [0.4, 0.5) is 0 Å². The van der Waals surface area contributed by atoms with E-state index in [4.69, 9.17) is 19.3 Å². The number of nitrogens with one attached hydrogen (secondary N) is 1. The Bertz CT molecular complexity index is 1020. The fourth-order valence-corrected chi connectivity index (χ4v) is 5.36. The normalized spacial score (nSPS) is 22.0. The molecule has 2 aliphatic heterocycles. The van der Waals surface area contributed by atoms with Gasteiger partial charge in [0, 0.05) is 71.2 Å². The third-order valence-corrected chi connectivity index (χ3v) is 8.24. The molecule has 272 valence electrons. The predicted molar refractivity (Wildman–Crippen MR) is 173 cm³/mol. The Hall–Kier alpha value is -2.24. The van der Waals surface area contributed by atoms with Crippen molar-refractivity contribution in [2.75, 3.05) is 65.4 Å². The Kier molecular flexibility index (Phi) is 15.6. The predicted octanol–water partition coefficient (Wildman–Crippen LogP) is 2.01. The third-order valence-electron chi connectivity index (χ3n) is 8.24. The zero-order chi connectivity index (χ0) is 35.6. The van der Waals surface area contributed by atoms with Gasteiger partial charge in [-0.05, 0) is 38.0 Å². The van der Waals surface area contributed by atoms with Gasteiger partial charge in [0.15, 0.2) is 0 Å². The topological polar surface area (TPSA) is 171 Å². The molecule has 2 amide bonds. The van der Waals surface area contributed by atoms with E-state index >= 15 is 0 Å². The Balaban J connectivity index is 2.34. The minimum absolute atomic E-state index is 0.00578. The lowest BCUT2D eigenvalue weighted by Gasteiger charge is -2.38. The molecule has 15 nitrogen and oxygen atoms in total. The van der Waals surface area contributed by atoms with E-state index in [1.54, 1.807) is 0 Å². The SMILES string of the molecule is CC(C)(C)OC(=O)CN1CCN(CC(=O)ON2C(=O)CCC2=O)CCNC(CC(OO)C(C)(C)C)CN(CC(OO)C(C)(C)C)CC1. The van der Waals surface area contributed by atoms with Gasteiger partial charge >= 0.3 is 11.9 Å². The Morgan fingerprint density at radius 3 is 1.74 bits per heavy atom. The number of carbonyl (C=O) groups is 4. The quantitative estimate of drug-likeness (QED) is 0.126. The molecule has 0 radical (unpaired) electrons. The third kappa shape index (κ3) is 14.8. The molecular formula is C32H59N5O10. The summed E-state index contributed by atoms with van der Waals surface area (Å²) in [6, 6.07) is -0.182. The summed E-state index contributed by atoms with van der Waals surface area (Å²) >= 11 is 0. The van der Waals surface area contributed by atoms with Gasteiger partial charge in [-0.3, -0.25) is 39.6 Å². The molecule has 0 aromatic heterocycles. The highest BCUT2D eigenvalue weighted by Crippen LogP contribution is 2.27. The summed E-state index contributed by atoms with van der Waals surface area (Å²) in [7, 11) is 0. The lowest BCUT2D eigenvalue weighted by molar-refractivity contribution is -0.304. The average molecular weight is 674 g/mol. The lowest BCUT2D eigenvalue weighted by Crippen LogP contribution is -2.53. The van der Waals surface area contributed by atoms with Gasteiger partial charge in [-0.1, -0.05) is 41.5 Å². The molecule has 2 saturated heterocycles. The molecule has 2 rings (SSSR count). The van der Waals surface area contributed by atoms with Crippen molar-refractivity contribution in [2.24, 2.45) is 10.8 Å². The van der Waals surface area contributed by atoms with Crippen LogP contribution < -0.4 is 5.32 Å². The van der Waals surface area contributed by atoms with Crippen LogP contribution in [0.2, 0.25) is 0 Å². The fraction of sp³-hybridized carbons (Fsp3) is 0.875. The number of hydrogen-bond donors (Lipinski definition) is 3. The van der Waals surface area contributed by atoms with E-state index in [-0.39, 0.29) is 48.8 Å². The highest BCUT2D eigenvalue weighted by molar-refractivity contribution is 6.01. The summed E-state index contributed by atoms with van der Waals surface area (Å²) in [5, 5.41) is 23.7. The van der Waals surface area contributed by atoms with Gasteiger partial charge in [0.05, 0.1) is 19.2 Å². The summed E-state index contributed by atoms with van der Waals surface area (Å²) in [4.78, 5) is 70.7. The molecule has 0 spiro atoms. The number of nitrogens with zero attached hydrogens (tertiary/aromatic N) is 4. The molecule has 3 atom stereocenters. The van der Waals surface area contributed by atoms with E-state index in [1.807, 2.05) is 72.1 Å². The van der Waals surface area contributed by atoms with Crippen LogP contribution in [0.3, 0.4) is 0 Å². The summed E-state index contributed by atoms with van der Waals surface area (Å²) in [6.07, 6.45) is -0.525. The summed E-state index contributed by atoms with van der Waals surface area (Å²) in [5.74, 6) is -2.21. The molecule has 3 unspecified atom stereocenters. The van der Waals surface area contributed by atoms with Crippen molar-refractivity contribution < 1.29 is 49.0 Å². The van der Waals surface area contributed by atoms with Crippen LogP contribution >= 0.6 is 0 Å². The highest BCUT2D eigenvalue weighted by Gasteiger charge is 2.35. The minimum Gasteiger partial charge on any atom is -0.459 e. The van der Waals surface area contributed by atoms with Crippen molar-refractivity contribution in [3.8, 4) is 0 Å². The minimum atomic E-state index is -0.735. The molecule has 2 aliphatic rings. The van der Waals surface area contributed by atoms with Gasteiger partial charge in [-0.25, -0.2) is 14.6 Å². The number of amides is 2. The lowest BCUT2D eigenvalue weighted by atomic mass is 9.85. The van der Waals surface area contributed by atoms with Gasteiger partial charge in [0.25, 0.3) is 11.8 Å². The average Bonchev–Trinajstić information content (AvgIpc) is 3.23. The maximum atomic E-state index is 12.9. The second kappa shape index (κ2) is 18.0. The number of rotatable bonds is 11. The van der Waals surface area contributed by atoms with E-state index in [1.165, 1.54) is 0 Å². The van der Waals surface area contributed by atoms with E-state index in [0.717, 1.165) is 0 Å². The fourth-order valence-electron chi connectivity index (χ4n) is 5.36. The zero-order valence-corrected chi connectivity index (χ0v) is 29.9. The van der Waals surface area contributed by atoms with E-state index in [9.17, 15) is 29.7 Å². The van der Waals surface area contributed by atoms with E-state index < -0.39 is 35.6 Å². The van der Waals surface area contributed by atoms with E-state index in [2.05, 4.69) is 10.2 Å². The standard InChI is InChI=1S/C32H59N5O10/c1-30(2,3)24(46-42)18-23-19-36(20-25(47-43)31(4,5)6)17-16-35(21-28(40)44-32(7,8)9)15-14-34(13-12-33-23)22-29(41)45-37-26(38)10-11-27(37)39/h23-25,33,42-43H,10-22H2,1-9H3. The van der Waals surface area contributed by atoms with Crippen LogP contribution in [-0.4, -0.2) is 143 Å². The molecule has 0 saturated carbocycles. The van der Waals surface area contributed by atoms with Crippen molar-refractivity contribution in [1.29, 1.82) is 0 Å². The number of carbonyl (C=O) groups excluding carboxylic acids is 4. The summed E-state index contributed by atoms with van der Waals surface area (Å²) in [5.41, 5.74) is -1.39. The first-order valence-electron chi connectivity index (χ1n) is 16.5. The van der Waals surface area contributed by atoms with Gasteiger partial charge in [0.2, 0.25) is 0 Å². The van der Waals surface area contributed by atoms with E-state index in [0.29, 0.717) is 63.8 Å². The molecule has 0 aromatic carbocycles. The molecule has 2 heterocycles. The van der Waals surface area contributed by atoms with Crippen molar-refractivity contribution in [3.63, 3.8) is 0 Å². The smallest absolute Gasteiger partial charge is 0.347 e. The molecule has 0 aliphatic carbocycles. The molecule has 47 heavy (non-hydrogen) atoms. The Morgan fingerprint density at radius 2 is 1.26 bits per heavy atom. The number of imide groups is 1. The van der Waals surface area contributed by atoms with Gasteiger partial charge in [-0.15, -0.1) is 5.06 Å². The molecule has 2 fully saturated rings. The van der Waals surface area contributed by atoms with Crippen LogP contribution in [0, 0.1) is 10.8 Å². The highest BCUT2D eigenvalue weighted by atomic mass is 17.1. The van der Waals surface area contributed by atoms with Crippen LogP contribution in [-0.2, 0) is 38.5 Å². The van der Waals surface area contributed by atoms with Gasteiger partial charge < -0.3 is 14.9 Å². The Morgan fingerprint density at radius 1 is 0.766 bits per heavy atom. The van der Waals surface area contributed by atoms with Crippen LogP contribution in [0.5, 0.6) is 0 Å². The summed E-state index contributed by atoms with van der Waals surface area (Å²) < 4.78 is 5.61. The van der Waals surface area contributed by atoms with Crippen molar-refractivity contribution in [3.05, 3.63) is 0 Å². The largest absolute Gasteiger partial charge is 0.459 e. The van der Waals surface area contributed by atoms with Crippen LogP contribution in [0.1, 0.15) is 81.6 Å². The number of ether oxygens (including phenoxy) is 1. The number of esters is 1. The maximum Gasteiger partial charge on any atom is 0.347 e. The first-order valence-corrected chi connectivity index (χ1v) is 16.5. The second-order valence-corrected chi connectivity index (χ2v) is 15.8. The first kappa shape index (κ1) is 40.9. The molecule has 0 aromatic rings. The van der Waals surface area contributed by atoms with Crippen LogP contribution in [0.25, 0.3) is 0 Å². The van der Waals surface area contributed by atoms with Crippen molar-refractivity contribution in [2.45, 2.75) is 105 Å². The van der Waals surface area contributed by atoms with Crippen LogP contribution in [0.15, 0.2) is 0 Å². The number of hydroxylamine groups is 2. The van der Waals surface area contributed by atoms with Crippen molar-refractivity contribution in [1.82, 2.24) is 25.1 Å². The number of hydrogen-bond acceptors (Lipinski definition) is 14. The van der Waals surface area contributed by atoms with Gasteiger partial charge in [0.1, 0.15) is 11.7 Å². The maximum absolute atomic E-state index is 12.9. The zero-order valence-electron chi connectivity index (χ0n) is 29.9. The second-order valence-electron chi connectivity index (χ2n) is 15.8. The molecule has 3 N–H and O–H groups in total. The van der Waals surface area contributed by atoms with Gasteiger partial charge in [-0.2, -0.15) is 0 Å². The summed E-state index contributed by atoms with van der Waals surface area (Å²) in [6.45, 7) is 20.7. The first-order chi connectivity index (χ1) is 21.7.